The van der Waals surface area contributed by atoms with Crippen LogP contribution in [0, 0.1) is 13.8 Å². The summed E-state index contributed by atoms with van der Waals surface area (Å²) in [7, 11) is 0. The van der Waals surface area contributed by atoms with Crippen LogP contribution in [0.5, 0.6) is 5.75 Å². The fourth-order valence-electron chi connectivity index (χ4n) is 5.56. The lowest BCUT2D eigenvalue weighted by Gasteiger charge is -2.28. The van der Waals surface area contributed by atoms with Crippen LogP contribution < -0.4 is 15.0 Å². The third-order valence-electron chi connectivity index (χ3n) is 7.21. The summed E-state index contributed by atoms with van der Waals surface area (Å²) in [5.41, 5.74) is 5.30. The maximum atomic E-state index is 6.21. The largest absolute Gasteiger partial charge is 0.490 e. The topological polar surface area (TPSA) is 73.0 Å². The number of pyridine rings is 1. The van der Waals surface area contributed by atoms with Crippen LogP contribution in [0.1, 0.15) is 60.4 Å². The number of ether oxygens (including phenoxy) is 1. The fourth-order valence-corrected chi connectivity index (χ4v) is 5.91. The van der Waals surface area contributed by atoms with Crippen LogP contribution in [0.3, 0.4) is 0 Å². The van der Waals surface area contributed by atoms with Crippen molar-refractivity contribution in [2.75, 3.05) is 4.90 Å². The highest BCUT2D eigenvalue weighted by molar-refractivity contribution is 7.80. The predicted molar refractivity (Wildman–Crippen MR) is 142 cm³/mol. The van der Waals surface area contributed by atoms with E-state index in [1.807, 2.05) is 29.1 Å². The number of nitrogens with zero attached hydrogens (tertiary/aromatic N) is 6. The van der Waals surface area contributed by atoms with Gasteiger partial charge in [-0.2, -0.15) is 0 Å². The van der Waals surface area contributed by atoms with E-state index < -0.39 is 0 Å². The summed E-state index contributed by atoms with van der Waals surface area (Å²) >= 11 is 5.91. The number of hydrogen-bond acceptors (Lipinski definition) is 5. The molecule has 9 heteroatoms. The van der Waals surface area contributed by atoms with Crippen molar-refractivity contribution in [1.82, 2.24) is 29.9 Å². The summed E-state index contributed by atoms with van der Waals surface area (Å²) < 4.78 is 10.2. The van der Waals surface area contributed by atoms with Gasteiger partial charge in [-0.1, -0.05) is 6.07 Å². The lowest BCUT2D eigenvalue weighted by Crippen LogP contribution is -2.29. The van der Waals surface area contributed by atoms with E-state index in [0.29, 0.717) is 11.2 Å². The van der Waals surface area contributed by atoms with E-state index in [0.717, 1.165) is 46.9 Å². The van der Waals surface area contributed by atoms with E-state index >= 15 is 0 Å². The Labute approximate surface area is 215 Å². The highest BCUT2D eigenvalue weighted by Crippen LogP contribution is 2.43. The van der Waals surface area contributed by atoms with Crippen LogP contribution in [0.4, 0.5) is 5.69 Å². The first kappa shape index (κ1) is 22.7. The van der Waals surface area contributed by atoms with Gasteiger partial charge in [0.15, 0.2) is 5.11 Å². The molecule has 8 nitrogen and oxygen atoms in total. The molecule has 1 aliphatic heterocycles. The summed E-state index contributed by atoms with van der Waals surface area (Å²) in [5, 5.41) is 12.2. The second-order valence-corrected chi connectivity index (χ2v) is 9.88. The van der Waals surface area contributed by atoms with Crippen LogP contribution in [-0.2, 0) is 0 Å². The summed E-state index contributed by atoms with van der Waals surface area (Å²) in [6.07, 6.45) is 10.3. The number of aryl methyl sites for hydroxylation is 1. The summed E-state index contributed by atoms with van der Waals surface area (Å²) in [5.74, 6) is 0.910. The van der Waals surface area contributed by atoms with Gasteiger partial charge in [0.05, 0.1) is 23.9 Å². The number of nitrogens with one attached hydrogen (secondary N) is 1. The molecule has 2 aliphatic rings. The Balaban J connectivity index is 1.40. The standard InChI is InChI=1S/C27H29N7OS/c1-18-15-23(19(2)34(18)32-16-29-30-17-32)26-25(24-9-5-6-14-28-24)31-27(36)33(26)20-10-12-22(13-11-20)35-21-7-3-4-8-21/h5-6,9-17,21,25-26H,3-4,7-8H2,1-2H3,(H,31,36). The van der Waals surface area contributed by atoms with Crippen LogP contribution in [-0.4, -0.2) is 35.7 Å². The molecule has 4 heterocycles. The van der Waals surface area contributed by atoms with Gasteiger partial charge in [0.25, 0.3) is 0 Å². The van der Waals surface area contributed by atoms with Crippen LogP contribution >= 0.6 is 12.2 Å². The third-order valence-corrected chi connectivity index (χ3v) is 7.52. The molecule has 0 bridgehead atoms. The Kier molecular flexibility index (Phi) is 5.92. The molecule has 0 amide bonds. The van der Waals surface area contributed by atoms with Gasteiger partial charge >= 0.3 is 0 Å². The van der Waals surface area contributed by atoms with Crippen molar-refractivity contribution in [1.29, 1.82) is 0 Å². The molecule has 2 atom stereocenters. The van der Waals surface area contributed by atoms with Gasteiger partial charge in [-0.05, 0) is 94.2 Å². The molecule has 1 aromatic carbocycles. The molecule has 36 heavy (non-hydrogen) atoms. The maximum absolute atomic E-state index is 6.21. The molecular weight excluding hydrogens is 470 g/mol. The molecular formula is C27H29N7OS. The summed E-state index contributed by atoms with van der Waals surface area (Å²) in [6, 6.07) is 16.3. The molecule has 4 aromatic rings. The molecule has 1 N–H and O–H groups in total. The predicted octanol–water partition coefficient (Wildman–Crippen LogP) is 4.90. The van der Waals surface area contributed by atoms with E-state index in [2.05, 4.69) is 74.3 Å². The highest BCUT2D eigenvalue weighted by Gasteiger charge is 2.42. The van der Waals surface area contributed by atoms with E-state index in [9.17, 15) is 0 Å². The lowest BCUT2D eigenvalue weighted by molar-refractivity contribution is 0.210. The normalized spacial score (nSPS) is 20.2. The zero-order valence-electron chi connectivity index (χ0n) is 20.4. The lowest BCUT2D eigenvalue weighted by atomic mass is 9.96. The monoisotopic (exact) mass is 499 g/mol. The molecule has 1 aliphatic carbocycles. The van der Waals surface area contributed by atoms with Gasteiger partial charge in [-0.3, -0.25) is 9.66 Å². The maximum Gasteiger partial charge on any atom is 0.174 e. The zero-order chi connectivity index (χ0) is 24.6. The Morgan fingerprint density at radius 1 is 1.00 bits per heavy atom. The SMILES string of the molecule is Cc1cc(C2C(c3ccccn3)NC(=S)N2c2ccc(OC3CCCC3)cc2)c(C)n1-n1cnnc1. The van der Waals surface area contributed by atoms with Crippen molar-refractivity contribution in [2.45, 2.75) is 57.7 Å². The van der Waals surface area contributed by atoms with E-state index in [4.69, 9.17) is 17.0 Å². The molecule has 6 rings (SSSR count). The second kappa shape index (κ2) is 9.39. The van der Waals surface area contributed by atoms with Crippen molar-refractivity contribution in [3.05, 3.63) is 90.0 Å². The number of rotatable bonds is 6. The van der Waals surface area contributed by atoms with Gasteiger partial charge in [0.2, 0.25) is 0 Å². The summed E-state index contributed by atoms with van der Waals surface area (Å²) in [6.45, 7) is 4.21. The Morgan fingerprint density at radius 3 is 2.44 bits per heavy atom. The van der Waals surface area contributed by atoms with Crippen LogP contribution in [0.15, 0.2) is 67.4 Å². The number of aromatic nitrogens is 5. The third kappa shape index (κ3) is 4.03. The molecule has 1 saturated heterocycles. The van der Waals surface area contributed by atoms with E-state index in [1.165, 1.54) is 12.8 Å². The van der Waals surface area contributed by atoms with Gasteiger partial charge in [0.1, 0.15) is 18.4 Å². The molecule has 0 radical (unpaired) electrons. The first-order valence-corrected chi connectivity index (χ1v) is 12.8. The summed E-state index contributed by atoms with van der Waals surface area (Å²) in [4.78, 5) is 6.88. The average Bonchev–Trinajstić information content (AvgIpc) is 3.69. The average molecular weight is 500 g/mol. The smallest absolute Gasteiger partial charge is 0.174 e. The van der Waals surface area contributed by atoms with Crippen molar-refractivity contribution < 1.29 is 4.74 Å². The molecule has 1 saturated carbocycles. The minimum Gasteiger partial charge on any atom is -0.490 e. The van der Waals surface area contributed by atoms with Crippen molar-refractivity contribution in [2.24, 2.45) is 0 Å². The zero-order valence-corrected chi connectivity index (χ0v) is 21.2. The van der Waals surface area contributed by atoms with E-state index in [-0.39, 0.29) is 12.1 Å². The quantitative estimate of drug-likeness (QED) is 0.378. The Bertz CT molecular complexity index is 1350. The highest BCUT2D eigenvalue weighted by atomic mass is 32.1. The Hall–Kier alpha value is -3.72. The van der Waals surface area contributed by atoms with Gasteiger partial charge < -0.3 is 15.0 Å². The number of benzene rings is 1. The molecule has 2 fully saturated rings. The number of anilines is 1. The van der Waals surface area contributed by atoms with Gasteiger partial charge in [0, 0.05) is 28.8 Å². The minimum atomic E-state index is -0.108. The molecule has 184 valence electrons. The van der Waals surface area contributed by atoms with Crippen molar-refractivity contribution in [3.63, 3.8) is 0 Å². The number of hydrogen-bond donors (Lipinski definition) is 1. The minimum absolute atomic E-state index is 0.0922. The molecule has 2 unspecified atom stereocenters. The second-order valence-electron chi connectivity index (χ2n) is 9.49. The molecule has 3 aromatic heterocycles. The number of thiocarbonyl (C=S) groups is 1. The van der Waals surface area contributed by atoms with Gasteiger partial charge in [-0.25, -0.2) is 4.68 Å². The fraction of sp³-hybridized carbons (Fsp3) is 0.333. The van der Waals surface area contributed by atoms with Gasteiger partial charge in [-0.15, -0.1) is 10.2 Å². The Morgan fingerprint density at radius 2 is 1.75 bits per heavy atom. The van der Waals surface area contributed by atoms with Crippen molar-refractivity contribution in [3.8, 4) is 5.75 Å². The van der Waals surface area contributed by atoms with Crippen LogP contribution in [0.25, 0.3) is 0 Å². The van der Waals surface area contributed by atoms with Crippen LogP contribution in [0.2, 0.25) is 0 Å². The van der Waals surface area contributed by atoms with Crippen molar-refractivity contribution >= 4 is 23.0 Å². The molecule has 0 spiro atoms. The van der Waals surface area contributed by atoms with E-state index in [1.54, 1.807) is 12.7 Å². The first-order chi connectivity index (χ1) is 17.6. The first-order valence-electron chi connectivity index (χ1n) is 12.4.